The number of benzene rings is 1. The summed E-state index contributed by atoms with van der Waals surface area (Å²) < 4.78 is 2.73. The molecule has 2 nitrogen and oxygen atoms in total. The van der Waals surface area contributed by atoms with Gasteiger partial charge in [-0.3, -0.25) is 4.68 Å². The number of aryl methyl sites for hydroxylation is 1. The lowest BCUT2D eigenvalue weighted by Crippen LogP contribution is -1.88. The van der Waals surface area contributed by atoms with E-state index in [-0.39, 0.29) is 0 Å². The van der Waals surface area contributed by atoms with Crippen LogP contribution in [-0.4, -0.2) is 9.78 Å². The second-order valence-electron chi connectivity index (χ2n) is 2.98. The second kappa shape index (κ2) is 3.75. The van der Waals surface area contributed by atoms with Gasteiger partial charge >= 0.3 is 0 Å². The molecule has 2 rings (SSSR count). The Labute approximate surface area is 95.6 Å². The molecule has 1 heterocycles. The van der Waals surface area contributed by atoms with E-state index in [2.05, 4.69) is 21.0 Å². The first-order valence-corrected chi connectivity index (χ1v) is 5.29. The molecule has 0 aliphatic carbocycles. The van der Waals surface area contributed by atoms with Crippen LogP contribution in [0.5, 0.6) is 0 Å². The molecule has 0 saturated heterocycles. The molecule has 0 amide bonds. The number of nitrogens with zero attached hydrogens (tertiary/aromatic N) is 2. The van der Waals surface area contributed by atoms with E-state index in [4.69, 9.17) is 11.6 Å². The van der Waals surface area contributed by atoms with E-state index < -0.39 is 0 Å². The number of hydrogen-bond donors (Lipinski definition) is 0. The third-order valence-electron chi connectivity index (χ3n) is 2.00. The third-order valence-corrected chi connectivity index (χ3v) is 3.18. The maximum absolute atomic E-state index is 5.91. The average molecular weight is 272 g/mol. The van der Waals surface area contributed by atoms with Crippen molar-refractivity contribution in [2.24, 2.45) is 7.05 Å². The first-order chi connectivity index (χ1) is 6.68. The Hall–Kier alpha value is -0.800. The van der Waals surface area contributed by atoms with Gasteiger partial charge in [0.05, 0.1) is 6.20 Å². The fourth-order valence-electron chi connectivity index (χ4n) is 1.27. The van der Waals surface area contributed by atoms with Crippen molar-refractivity contribution < 1.29 is 0 Å². The summed E-state index contributed by atoms with van der Waals surface area (Å²) >= 11 is 9.38. The van der Waals surface area contributed by atoms with Gasteiger partial charge in [0.2, 0.25) is 0 Å². The summed E-state index contributed by atoms with van der Waals surface area (Å²) in [6.45, 7) is 0. The molecule has 0 aliphatic heterocycles. The predicted molar refractivity (Wildman–Crippen MR) is 61.4 cm³/mol. The topological polar surface area (TPSA) is 17.8 Å². The highest BCUT2D eigenvalue weighted by Crippen LogP contribution is 2.28. The lowest BCUT2D eigenvalue weighted by Gasteiger charge is -1.99. The van der Waals surface area contributed by atoms with Crippen LogP contribution in [0.3, 0.4) is 0 Å². The van der Waals surface area contributed by atoms with E-state index in [0.717, 1.165) is 20.8 Å². The molecular formula is C10H8BrClN2. The van der Waals surface area contributed by atoms with Gasteiger partial charge in [-0.2, -0.15) is 5.10 Å². The number of rotatable bonds is 1. The number of hydrogen-bond acceptors (Lipinski definition) is 1. The molecule has 1 aromatic carbocycles. The van der Waals surface area contributed by atoms with Crippen LogP contribution in [0.2, 0.25) is 5.02 Å². The van der Waals surface area contributed by atoms with Gasteiger partial charge in [0.25, 0.3) is 0 Å². The molecular weight excluding hydrogens is 263 g/mol. The molecule has 1 aromatic heterocycles. The minimum Gasteiger partial charge on any atom is -0.261 e. The molecule has 0 fully saturated rings. The molecule has 0 unspecified atom stereocenters. The smallest absolute Gasteiger partial charge is 0.111 e. The Morgan fingerprint density at radius 2 is 2.21 bits per heavy atom. The molecule has 0 bridgehead atoms. The van der Waals surface area contributed by atoms with Crippen LogP contribution in [0.4, 0.5) is 0 Å². The van der Waals surface area contributed by atoms with Crippen molar-refractivity contribution in [1.82, 2.24) is 9.78 Å². The summed E-state index contributed by atoms with van der Waals surface area (Å²) in [5.41, 5.74) is 2.12. The second-order valence-corrected chi connectivity index (χ2v) is 4.17. The Bertz CT molecular complexity index is 465. The number of aromatic nitrogens is 2. The van der Waals surface area contributed by atoms with Crippen LogP contribution in [0, 0.1) is 0 Å². The van der Waals surface area contributed by atoms with Gasteiger partial charge in [0, 0.05) is 17.6 Å². The summed E-state index contributed by atoms with van der Waals surface area (Å²) in [6.07, 6.45) is 1.82. The van der Waals surface area contributed by atoms with Crippen molar-refractivity contribution in [2.75, 3.05) is 0 Å². The molecule has 0 spiro atoms. The molecule has 0 aliphatic rings. The minimum atomic E-state index is 0.734. The highest BCUT2D eigenvalue weighted by Gasteiger charge is 2.07. The minimum absolute atomic E-state index is 0.734. The van der Waals surface area contributed by atoms with E-state index in [1.807, 2.05) is 37.5 Å². The molecule has 0 N–H and O–H groups in total. The summed E-state index contributed by atoms with van der Waals surface area (Å²) in [7, 11) is 1.89. The van der Waals surface area contributed by atoms with E-state index in [1.165, 1.54) is 0 Å². The standard InChI is InChI=1S/C10H8BrClN2/c1-14-10(11)9(6-13-14)7-3-2-4-8(12)5-7/h2-6H,1H3. The lowest BCUT2D eigenvalue weighted by molar-refractivity contribution is 0.750. The van der Waals surface area contributed by atoms with Gasteiger partial charge in [0.15, 0.2) is 0 Å². The quantitative estimate of drug-likeness (QED) is 0.776. The van der Waals surface area contributed by atoms with Crippen LogP contribution in [0.25, 0.3) is 11.1 Å². The summed E-state index contributed by atoms with van der Waals surface area (Å²) in [5, 5.41) is 4.88. The van der Waals surface area contributed by atoms with Crippen molar-refractivity contribution in [1.29, 1.82) is 0 Å². The maximum Gasteiger partial charge on any atom is 0.111 e. The largest absolute Gasteiger partial charge is 0.261 e. The zero-order valence-corrected chi connectivity index (χ0v) is 9.88. The third kappa shape index (κ3) is 1.70. The van der Waals surface area contributed by atoms with Crippen LogP contribution in [0.15, 0.2) is 35.1 Å². The van der Waals surface area contributed by atoms with Crippen LogP contribution >= 0.6 is 27.5 Å². The fraction of sp³-hybridized carbons (Fsp3) is 0.100. The van der Waals surface area contributed by atoms with Crippen LogP contribution in [0.1, 0.15) is 0 Å². The van der Waals surface area contributed by atoms with Crippen molar-refractivity contribution in [3.63, 3.8) is 0 Å². The SMILES string of the molecule is Cn1ncc(-c2cccc(Cl)c2)c1Br. The zero-order chi connectivity index (χ0) is 10.1. The predicted octanol–water partition coefficient (Wildman–Crippen LogP) is 3.50. The van der Waals surface area contributed by atoms with Gasteiger partial charge in [-0.15, -0.1) is 0 Å². The van der Waals surface area contributed by atoms with E-state index >= 15 is 0 Å². The summed E-state index contributed by atoms with van der Waals surface area (Å²) in [4.78, 5) is 0. The van der Waals surface area contributed by atoms with E-state index in [0.29, 0.717) is 0 Å². The van der Waals surface area contributed by atoms with Gasteiger partial charge in [-0.05, 0) is 33.6 Å². The van der Waals surface area contributed by atoms with Gasteiger partial charge in [0.1, 0.15) is 4.60 Å². The molecule has 0 saturated carbocycles. The highest BCUT2D eigenvalue weighted by molar-refractivity contribution is 9.10. The fourth-order valence-corrected chi connectivity index (χ4v) is 1.89. The Morgan fingerprint density at radius 1 is 1.43 bits per heavy atom. The van der Waals surface area contributed by atoms with Crippen LogP contribution in [-0.2, 0) is 7.05 Å². The number of halogens is 2. The van der Waals surface area contributed by atoms with Gasteiger partial charge in [-0.1, -0.05) is 23.7 Å². The van der Waals surface area contributed by atoms with Gasteiger partial charge in [-0.25, -0.2) is 0 Å². The first kappa shape index (κ1) is 9.74. The van der Waals surface area contributed by atoms with E-state index in [1.54, 1.807) is 4.68 Å². The van der Waals surface area contributed by atoms with Crippen molar-refractivity contribution >= 4 is 27.5 Å². The van der Waals surface area contributed by atoms with Crippen molar-refractivity contribution in [3.8, 4) is 11.1 Å². The normalized spacial score (nSPS) is 10.5. The highest BCUT2D eigenvalue weighted by atomic mass is 79.9. The Balaban J connectivity index is 2.55. The average Bonchev–Trinajstić information content (AvgIpc) is 2.48. The molecule has 72 valence electrons. The Morgan fingerprint density at radius 3 is 2.79 bits per heavy atom. The zero-order valence-electron chi connectivity index (χ0n) is 7.54. The molecule has 2 aromatic rings. The molecule has 14 heavy (non-hydrogen) atoms. The molecule has 0 atom stereocenters. The van der Waals surface area contributed by atoms with Crippen LogP contribution < -0.4 is 0 Å². The van der Waals surface area contributed by atoms with Crippen molar-refractivity contribution in [2.45, 2.75) is 0 Å². The van der Waals surface area contributed by atoms with Gasteiger partial charge < -0.3 is 0 Å². The summed E-state index contributed by atoms with van der Waals surface area (Å²) in [6, 6.07) is 7.71. The maximum atomic E-state index is 5.91. The molecule has 0 radical (unpaired) electrons. The lowest BCUT2D eigenvalue weighted by atomic mass is 10.1. The van der Waals surface area contributed by atoms with Crippen molar-refractivity contribution in [3.05, 3.63) is 40.1 Å². The Kier molecular flexibility index (Phi) is 2.61. The first-order valence-electron chi connectivity index (χ1n) is 4.12. The van der Waals surface area contributed by atoms with E-state index in [9.17, 15) is 0 Å². The summed E-state index contributed by atoms with van der Waals surface area (Å²) in [5.74, 6) is 0. The monoisotopic (exact) mass is 270 g/mol. The molecule has 4 heteroatoms.